The van der Waals surface area contributed by atoms with Crippen molar-refractivity contribution < 1.29 is 19.8 Å². The Labute approximate surface area is 179 Å². The fraction of sp³-hybridized carbons (Fsp3) is 0.273. The van der Waals surface area contributed by atoms with E-state index in [-0.39, 0.29) is 46.3 Å². The van der Waals surface area contributed by atoms with Crippen LogP contribution in [0, 0.1) is 13.8 Å². The monoisotopic (exact) mass is 482 g/mol. The molecule has 148 valence electrons. The van der Waals surface area contributed by atoms with Gasteiger partial charge in [-0.25, -0.2) is 0 Å². The third-order valence-corrected chi connectivity index (χ3v) is 2.74. The summed E-state index contributed by atoms with van der Waals surface area (Å²) in [7, 11) is 0. The van der Waals surface area contributed by atoms with Gasteiger partial charge in [0.25, 0.3) is 0 Å². The van der Waals surface area contributed by atoms with Crippen molar-refractivity contribution in [3.63, 3.8) is 0 Å². The summed E-state index contributed by atoms with van der Waals surface area (Å²) in [6.45, 7) is 11.4. The van der Waals surface area contributed by atoms with E-state index in [0.29, 0.717) is 0 Å². The molecule has 0 spiro atoms. The van der Waals surface area contributed by atoms with E-state index in [1.54, 1.807) is 36.4 Å². The molecule has 0 bridgehead atoms. The fourth-order valence-corrected chi connectivity index (χ4v) is 1.08. The van der Waals surface area contributed by atoms with Gasteiger partial charge in [0.15, 0.2) is 0 Å². The van der Waals surface area contributed by atoms with Crippen LogP contribution in [0.15, 0.2) is 60.7 Å². The summed E-state index contributed by atoms with van der Waals surface area (Å²) in [4.78, 5) is 17.8. The van der Waals surface area contributed by atoms with Gasteiger partial charge in [-0.05, 0) is 0 Å². The van der Waals surface area contributed by atoms with E-state index < -0.39 is 0 Å². The molecule has 0 fully saturated rings. The first-order valence-electron chi connectivity index (χ1n) is 8.68. The molecular weight excluding hydrogens is 447 g/mol. The first-order valence-corrected chi connectivity index (χ1v) is 8.68. The second-order valence-corrected chi connectivity index (χ2v) is 5.13. The molecule has 0 amide bonds. The molecule has 0 heterocycles. The quantitative estimate of drug-likeness (QED) is 0.359. The Kier molecular flexibility index (Phi) is 24.6. The third-order valence-electron chi connectivity index (χ3n) is 2.74. The average Bonchev–Trinajstić information content (AvgIpc) is 2.97. The van der Waals surface area contributed by atoms with Gasteiger partial charge >= 0.3 is 22.4 Å². The smallest absolute Gasteiger partial charge is 0.433 e. The molecule has 27 heavy (non-hydrogen) atoms. The molecule has 4 radical (unpaired) electrons. The minimum absolute atomic E-state index is 0. The number of hydrogen-bond donors (Lipinski definition) is 0. The minimum atomic E-state index is 0. The molecule has 0 saturated heterocycles. The molecule has 0 aromatic heterocycles. The van der Waals surface area contributed by atoms with Gasteiger partial charge in [-0.2, -0.15) is 12.8 Å². The van der Waals surface area contributed by atoms with Gasteiger partial charge in [0, 0.05) is 36.0 Å². The maximum Gasteiger partial charge on any atom is 0.433 e. The topological polar surface area (TPSA) is 88.6 Å². The van der Waals surface area contributed by atoms with Crippen LogP contribution in [-0.4, -0.2) is 43.7 Å². The minimum Gasteiger partial charge on any atom is -0.587 e. The summed E-state index contributed by atoms with van der Waals surface area (Å²) in [5, 5.41) is 14.2. The zero-order chi connectivity index (χ0) is 20.2. The Morgan fingerprint density at radius 1 is 0.667 bits per heavy atom. The summed E-state index contributed by atoms with van der Waals surface area (Å²) in [5.74, 6) is 0.306. The van der Waals surface area contributed by atoms with Crippen molar-refractivity contribution in [1.29, 1.82) is 0 Å². The predicted octanol–water partition coefficient (Wildman–Crippen LogP) is 3.12. The maximum absolute atomic E-state index is 8.89. The van der Waals surface area contributed by atoms with Gasteiger partial charge in [-0.1, -0.05) is 63.1 Å². The third kappa shape index (κ3) is 20.3. The van der Waals surface area contributed by atoms with E-state index >= 15 is 0 Å². The van der Waals surface area contributed by atoms with Crippen LogP contribution in [-0.2, 0) is 0 Å². The van der Waals surface area contributed by atoms with E-state index in [9.17, 15) is 0 Å². The summed E-state index contributed by atoms with van der Waals surface area (Å²) in [6, 6.07) is 16.4. The zero-order valence-corrected chi connectivity index (χ0v) is 19.3. The van der Waals surface area contributed by atoms with Gasteiger partial charge in [0.2, 0.25) is 0 Å². The Morgan fingerprint density at radius 3 is 1.19 bits per heavy atom. The van der Waals surface area contributed by atoms with Gasteiger partial charge in [0.1, 0.15) is 0 Å². The van der Waals surface area contributed by atoms with Crippen molar-refractivity contribution >= 4 is 23.9 Å². The van der Waals surface area contributed by atoms with Crippen LogP contribution in [0.4, 0.5) is 0 Å². The van der Waals surface area contributed by atoms with Gasteiger partial charge in [0.05, 0.1) is 12.1 Å². The van der Waals surface area contributed by atoms with Crippen LogP contribution >= 0.6 is 0 Å². The zero-order valence-electron chi connectivity index (χ0n) is 16.4. The van der Waals surface area contributed by atoms with Crippen LogP contribution in [0.3, 0.4) is 0 Å². The van der Waals surface area contributed by atoms with Gasteiger partial charge in [-0.15, -0.1) is 0 Å². The largest absolute Gasteiger partial charge is 0.587 e. The molecule has 4 nitrogen and oxygen atoms in total. The van der Waals surface area contributed by atoms with Crippen LogP contribution in [0.25, 0.3) is 0 Å². The van der Waals surface area contributed by atoms with Crippen molar-refractivity contribution in [2.75, 3.05) is 0 Å². The normalized spacial score (nSPS) is 8.15. The Bertz CT molecular complexity index is 625. The average molecular weight is 481 g/mol. The van der Waals surface area contributed by atoms with E-state index in [0.717, 1.165) is 12.8 Å². The molecule has 0 aliphatic rings. The van der Waals surface area contributed by atoms with Gasteiger partial charge < -0.3 is 24.1 Å². The van der Waals surface area contributed by atoms with Crippen LogP contribution in [0.1, 0.15) is 39.5 Å². The van der Waals surface area contributed by atoms with E-state index in [2.05, 4.69) is 27.7 Å². The number of unbranched alkanes of at least 4 members (excludes halogenated alkanes) is 2. The van der Waals surface area contributed by atoms with Crippen LogP contribution in [0.5, 0.6) is 11.5 Å². The summed E-state index contributed by atoms with van der Waals surface area (Å²) in [6.07, 6.45) is 4.56. The van der Waals surface area contributed by atoms with Crippen molar-refractivity contribution in [3.8, 4) is 11.5 Å². The molecule has 0 aliphatic carbocycles. The molecule has 0 unspecified atom stereocenters. The van der Waals surface area contributed by atoms with Crippen molar-refractivity contribution in [2.24, 2.45) is 0 Å². The molecule has 0 atom stereocenters. The van der Waals surface area contributed by atoms with Crippen molar-refractivity contribution in [3.05, 3.63) is 85.4 Å². The summed E-state index contributed by atoms with van der Waals surface area (Å²) >= 11 is 0. The van der Waals surface area contributed by atoms with Crippen molar-refractivity contribution in [2.45, 2.75) is 39.5 Å². The summed E-state index contributed by atoms with van der Waals surface area (Å²) < 4.78 is 0. The Balaban J connectivity index is -0.000000303. The van der Waals surface area contributed by atoms with Gasteiger partial charge in [-0.3, -0.25) is 9.59 Å². The molecule has 6 N–H and O–H groups in total. The molecular formula is C22H34O4Sn+2. The first-order chi connectivity index (χ1) is 12.4. The Morgan fingerprint density at radius 2 is 0.926 bits per heavy atom. The standard InChI is InChI=1S/2C7H6O2.2C4H9.Sn/c2*8-6-4-2-1-3-5-7(6)9;2*1-3-4-2;/h2*1-5H,(H,8,9);2*1,3-4H2,2H3;/q;;2*-1;/p+4. The predicted molar refractivity (Wildman–Crippen MR) is 115 cm³/mol. The number of hydrogen-bond acceptors (Lipinski definition) is 0. The Hall–Kier alpha value is -1.82. The van der Waals surface area contributed by atoms with E-state index in [1.807, 2.05) is 0 Å². The molecule has 0 saturated carbocycles. The SMILES string of the molecule is [CH2-]CCC.[CH2-]CCC.[OH+]=c1cccccc1[OH2+].[OH+]=c1cccccc1[OH2+].[Sn]. The molecule has 2 rings (SSSR count). The second kappa shape index (κ2) is 22.2. The molecule has 0 aliphatic heterocycles. The second-order valence-electron chi connectivity index (χ2n) is 5.13. The summed E-state index contributed by atoms with van der Waals surface area (Å²) in [5.41, 5.74) is 0.0278. The molecule has 5 heteroatoms. The maximum atomic E-state index is 8.89. The van der Waals surface area contributed by atoms with E-state index in [4.69, 9.17) is 19.8 Å². The van der Waals surface area contributed by atoms with Crippen LogP contribution < -0.4 is 10.9 Å². The van der Waals surface area contributed by atoms with E-state index in [1.165, 1.54) is 37.1 Å². The molecule has 2 aromatic rings. The van der Waals surface area contributed by atoms with Crippen LogP contribution in [0.2, 0.25) is 0 Å². The first kappa shape index (κ1) is 29.9. The molecule has 2 aromatic carbocycles. The fourth-order valence-electron chi connectivity index (χ4n) is 1.08. The van der Waals surface area contributed by atoms with Crippen molar-refractivity contribution in [1.82, 2.24) is 0 Å². The number of rotatable bonds is 2.